The van der Waals surface area contributed by atoms with Gasteiger partial charge in [0, 0.05) is 17.8 Å². The van der Waals surface area contributed by atoms with Gasteiger partial charge >= 0.3 is 0 Å². The molecule has 0 fully saturated rings. The lowest BCUT2D eigenvalue weighted by Gasteiger charge is -2.08. The first-order valence-electron chi connectivity index (χ1n) is 10.1. The summed E-state index contributed by atoms with van der Waals surface area (Å²) >= 11 is 0. The summed E-state index contributed by atoms with van der Waals surface area (Å²) in [5, 5.41) is 10.0. The number of nitrogens with one attached hydrogen (secondary N) is 2. The number of furan rings is 1. The number of methoxy groups -OCH3 is 2. The molecule has 0 radical (unpaired) electrons. The van der Waals surface area contributed by atoms with Crippen molar-refractivity contribution in [3.05, 3.63) is 77.3 Å². The second kappa shape index (κ2) is 9.38. The van der Waals surface area contributed by atoms with Gasteiger partial charge in [0.2, 0.25) is 0 Å². The molecule has 4 aromatic rings. The SMILES string of the molecule is COc1cc(CCc2cc(NC(=O)c3ccc(-c4ccco4)nc3C)n[nH]2)cc(OC)c1. The Morgan fingerprint density at radius 3 is 2.50 bits per heavy atom. The predicted octanol–water partition coefficient (Wildman–Crippen LogP) is 4.43. The molecular weight excluding hydrogens is 408 g/mol. The highest BCUT2D eigenvalue weighted by Gasteiger charge is 2.14. The van der Waals surface area contributed by atoms with Crippen LogP contribution in [0.25, 0.3) is 11.5 Å². The van der Waals surface area contributed by atoms with Gasteiger partial charge in [0.15, 0.2) is 11.6 Å². The number of aryl methyl sites for hydroxylation is 3. The number of anilines is 1. The van der Waals surface area contributed by atoms with Crippen LogP contribution in [0.1, 0.15) is 27.3 Å². The Labute approximate surface area is 185 Å². The lowest BCUT2D eigenvalue weighted by atomic mass is 10.1. The fourth-order valence-electron chi connectivity index (χ4n) is 3.39. The fraction of sp³-hybridized carbons (Fsp3) is 0.208. The molecule has 1 aromatic carbocycles. The van der Waals surface area contributed by atoms with Crippen molar-refractivity contribution >= 4 is 11.7 Å². The van der Waals surface area contributed by atoms with Crippen LogP contribution >= 0.6 is 0 Å². The van der Waals surface area contributed by atoms with Gasteiger partial charge in [0.05, 0.1) is 31.7 Å². The predicted molar refractivity (Wildman–Crippen MR) is 120 cm³/mol. The molecule has 3 heterocycles. The lowest BCUT2D eigenvalue weighted by Crippen LogP contribution is -2.14. The van der Waals surface area contributed by atoms with E-state index in [0.29, 0.717) is 28.5 Å². The van der Waals surface area contributed by atoms with Crippen molar-refractivity contribution < 1.29 is 18.7 Å². The van der Waals surface area contributed by atoms with E-state index in [1.807, 2.05) is 30.3 Å². The van der Waals surface area contributed by atoms with Crippen molar-refractivity contribution in [1.29, 1.82) is 0 Å². The Balaban J connectivity index is 1.39. The Morgan fingerprint density at radius 1 is 1.06 bits per heavy atom. The normalized spacial score (nSPS) is 10.7. The summed E-state index contributed by atoms with van der Waals surface area (Å²) in [5.41, 5.74) is 3.76. The maximum absolute atomic E-state index is 12.7. The van der Waals surface area contributed by atoms with Crippen molar-refractivity contribution in [3.63, 3.8) is 0 Å². The summed E-state index contributed by atoms with van der Waals surface area (Å²) in [6.07, 6.45) is 3.07. The van der Waals surface area contributed by atoms with E-state index in [-0.39, 0.29) is 5.91 Å². The molecule has 0 aliphatic carbocycles. The standard InChI is InChI=1S/C24H24N4O4/c1-15-20(8-9-21(25-15)22-5-4-10-32-22)24(29)26-23-13-17(27-28-23)7-6-16-11-18(30-2)14-19(12-16)31-3/h4-5,8-14H,6-7H2,1-3H3,(H2,26,27,28,29). The zero-order valence-corrected chi connectivity index (χ0v) is 18.1. The highest BCUT2D eigenvalue weighted by molar-refractivity contribution is 6.04. The molecule has 0 unspecified atom stereocenters. The minimum atomic E-state index is -0.267. The van der Waals surface area contributed by atoms with E-state index in [9.17, 15) is 4.79 Å². The highest BCUT2D eigenvalue weighted by Crippen LogP contribution is 2.24. The van der Waals surface area contributed by atoms with Crippen LogP contribution in [-0.4, -0.2) is 35.3 Å². The second-order valence-corrected chi connectivity index (χ2v) is 7.26. The third-order valence-corrected chi connectivity index (χ3v) is 5.07. The first-order valence-corrected chi connectivity index (χ1v) is 10.1. The maximum Gasteiger partial charge on any atom is 0.258 e. The Morgan fingerprint density at radius 2 is 1.84 bits per heavy atom. The van der Waals surface area contributed by atoms with Gasteiger partial charge in [-0.2, -0.15) is 5.10 Å². The van der Waals surface area contributed by atoms with Crippen LogP contribution in [0.4, 0.5) is 5.82 Å². The molecule has 164 valence electrons. The van der Waals surface area contributed by atoms with E-state index < -0.39 is 0 Å². The van der Waals surface area contributed by atoms with E-state index in [4.69, 9.17) is 13.9 Å². The number of benzene rings is 1. The number of amides is 1. The van der Waals surface area contributed by atoms with Gasteiger partial charge in [-0.25, -0.2) is 4.98 Å². The van der Waals surface area contributed by atoms with E-state index >= 15 is 0 Å². The monoisotopic (exact) mass is 432 g/mol. The summed E-state index contributed by atoms with van der Waals surface area (Å²) < 4.78 is 16.0. The number of carbonyl (C=O) groups is 1. The average molecular weight is 432 g/mol. The van der Waals surface area contributed by atoms with Crippen LogP contribution in [0.15, 0.2) is 59.2 Å². The van der Waals surface area contributed by atoms with Crippen molar-refractivity contribution in [2.75, 3.05) is 19.5 Å². The van der Waals surface area contributed by atoms with Crippen LogP contribution in [0.3, 0.4) is 0 Å². The minimum absolute atomic E-state index is 0.267. The summed E-state index contributed by atoms with van der Waals surface area (Å²) in [6, 6.07) is 14.7. The molecule has 1 amide bonds. The number of hydrogen-bond donors (Lipinski definition) is 2. The topological polar surface area (TPSA) is 102 Å². The molecule has 0 aliphatic heterocycles. The van der Waals surface area contributed by atoms with Crippen molar-refractivity contribution in [2.45, 2.75) is 19.8 Å². The van der Waals surface area contributed by atoms with Crippen LogP contribution in [0.5, 0.6) is 11.5 Å². The molecular formula is C24H24N4O4. The van der Waals surface area contributed by atoms with Crippen LogP contribution in [-0.2, 0) is 12.8 Å². The molecule has 0 bridgehead atoms. The van der Waals surface area contributed by atoms with E-state index in [2.05, 4.69) is 20.5 Å². The quantitative estimate of drug-likeness (QED) is 0.427. The molecule has 0 spiro atoms. The van der Waals surface area contributed by atoms with E-state index in [0.717, 1.165) is 35.6 Å². The first-order chi connectivity index (χ1) is 15.6. The molecule has 0 saturated carbocycles. The number of rotatable bonds is 8. The number of hydrogen-bond acceptors (Lipinski definition) is 6. The van der Waals surface area contributed by atoms with Gasteiger partial charge in [0.1, 0.15) is 17.2 Å². The molecule has 8 nitrogen and oxygen atoms in total. The number of carbonyl (C=O) groups excluding carboxylic acids is 1. The second-order valence-electron chi connectivity index (χ2n) is 7.26. The fourth-order valence-corrected chi connectivity index (χ4v) is 3.39. The van der Waals surface area contributed by atoms with Crippen molar-refractivity contribution in [1.82, 2.24) is 15.2 Å². The summed E-state index contributed by atoms with van der Waals surface area (Å²) in [5.74, 6) is 2.35. The van der Waals surface area contributed by atoms with E-state index in [1.54, 1.807) is 45.6 Å². The van der Waals surface area contributed by atoms with Crippen LogP contribution < -0.4 is 14.8 Å². The van der Waals surface area contributed by atoms with Crippen LogP contribution in [0.2, 0.25) is 0 Å². The molecule has 2 N–H and O–H groups in total. The van der Waals surface area contributed by atoms with Gasteiger partial charge in [-0.1, -0.05) is 0 Å². The third kappa shape index (κ3) is 4.80. The summed E-state index contributed by atoms with van der Waals surface area (Å²) in [7, 11) is 3.26. The average Bonchev–Trinajstić information content (AvgIpc) is 3.49. The van der Waals surface area contributed by atoms with Gasteiger partial charge in [0.25, 0.3) is 5.91 Å². The molecule has 4 rings (SSSR count). The van der Waals surface area contributed by atoms with Crippen LogP contribution in [0, 0.1) is 6.92 Å². The summed E-state index contributed by atoms with van der Waals surface area (Å²) in [4.78, 5) is 17.2. The Hall–Kier alpha value is -4.07. The third-order valence-electron chi connectivity index (χ3n) is 5.07. The largest absolute Gasteiger partial charge is 0.497 e. The summed E-state index contributed by atoms with van der Waals surface area (Å²) in [6.45, 7) is 1.79. The van der Waals surface area contributed by atoms with E-state index in [1.165, 1.54) is 0 Å². The molecule has 0 atom stereocenters. The molecule has 8 heteroatoms. The number of ether oxygens (including phenoxy) is 2. The molecule has 3 aromatic heterocycles. The number of aromatic nitrogens is 3. The van der Waals surface area contributed by atoms with Gasteiger partial charge in [-0.15, -0.1) is 0 Å². The zero-order valence-electron chi connectivity index (χ0n) is 18.1. The molecule has 0 aliphatic rings. The van der Waals surface area contributed by atoms with Gasteiger partial charge in [-0.05, 0) is 61.7 Å². The number of nitrogens with zero attached hydrogens (tertiary/aromatic N) is 2. The first kappa shape index (κ1) is 21.2. The number of H-pyrrole nitrogens is 1. The zero-order chi connectivity index (χ0) is 22.5. The Kier molecular flexibility index (Phi) is 6.21. The smallest absolute Gasteiger partial charge is 0.258 e. The number of pyridine rings is 1. The van der Waals surface area contributed by atoms with Gasteiger partial charge in [-0.3, -0.25) is 9.89 Å². The highest BCUT2D eigenvalue weighted by atomic mass is 16.5. The van der Waals surface area contributed by atoms with Crippen molar-refractivity contribution in [2.24, 2.45) is 0 Å². The van der Waals surface area contributed by atoms with Gasteiger partial charge < -0.3 is 19.2 Å². The van der Waals surface area contributed by atoms with Crippen molar-refractivity contribution in [3.8, 4) is 23.0 Å². The Bertz CT molecular complexity index is 1190. The molecule has 0 saturated heterocycles. The maximum atomic E-state index is 12.7. The molecule has 32 heavy (non-hydrogen) atoms. The number of aromatic amines is 1. The minimum Gasteiger partial charge on any atom is -0.497 e. The lowest BCUT2D eigenvalue weighted by molar-refractivity contribution is 0.102.